The summed E-state index contributed by atoms with van der Waals surface area (Å²) in [7, 11) is 0. The fourth-order valence-electron chi connectivity index (χ4n) is 2.75. The van der Waals surface area contributed by atoms with Crippen LogP contribution in [0.4, 0.5) is 10.1 Å². The lowest BCUT2D eigenvalue weighted by molar-refractivity contribution is 0.373. The molecule has 1 fully saturated rings. The fraction of sp³-hybridized carbons (Fsp3) is 0.562. The molecule has 1 atom stereocenters. The molecule has 1 unspecified atom stereocenters. The molecule has 0 spiro atoms. The SMILES string of the molecule is CCNC(C#N)(CN(CC)c1cccc(F)c1)C1CC1. The van der Waals surface area contributed by atoms with E-state index < -0.39 is 5.54 Å². The number of likely N-dealkylation sites (N-methyl/N-ethyl adjacent to an activating group) is 2. The van der Waals surface area contributed by atoms with Gasteiger partial charge in [-0.15, -0.1) is 0 Å². The van der Waals surface area contributed by atoms with Crippen LogP contribution < -0.4 is 10.2 Å². The van der Waals surface area contributed by atoms with E-state index in [9.17, 15) is 9.65 Å². The molecular weight excluding hydrogens is 253 g/mol. The molecule has 1 aliphatic carbocycles. The largest absolute Gasteiger partial charge is 0.369 e. The van der Waals surface area contributed by atoms with Crippen molar-refractivity contribution >= 4 is 5.69 Å². The van der Waals surface area contributed by atoms with E-state index in [1.807, 2.05) is 19.9 Å². The summed E-state index contributed by atoms with van der Waals surface area (Å²) in [6.07, 6.45) is 2.20. The van der Waals surface area contributed by atoms with Gasteiger partial charge in [0.05, 0.1) is 6.07 Å². The molecule has 108 valence electrons. The molecule has 0 aliphatic heterocycles. The second kappa shape index (κ2) is 6.23. The van der Waals surface area contributed by atoms with Gasteiger partial charge < -0.3 is 4.90 Å². The van der Waals surface area contributed by atoms with Gasteiger partial charge in [0.1, 0.15) is 11.4 Å². The quantitative estimate of drug-likeness (QED) is 0.831. The Morgan fingerprint density at radius 1 is 1.45 bits per heavy atom. The van der Waals surface area contributed by atoms with Crippen LogP contribution in [0.3, 0.4) is 0 Å². The Labute approximate surface area is 120 Å². The van der Waals surface area contributed by atoms with Crippen LogP contribution >= 0.6 is 0 Å². The van der Waals surface area contributed by atoms with Gasteiger partial charge in [0, 0.05) is 18.8 Å². The van der Waals surface area contributed by atoms with Gasteiger partial charge >= 0.3 is 0 Å². The smallest absolute Gasteiger partial charge is 0.127 e. The van der Waals surface area contributed by atoms with Gasteiger partial charge in [-0.05, 0) is 50.4 Å². The minimum Gasteiger partial charge on any atom is -0.369 e. The number of nitriles is 1. The van der Waals surface area contributed by atoms with Crippen LogP contribution in [0, 0.1) is 23.1 Å². The summed E-state index contributed by atoms with van der Waals surface area (Å²) >= 11 is 0. The van der Waals surface area contributed by atoms with E-state index in [0.29, 0.717) is 12.5 Å². The molecule has 3 nitrogen and oxygen atoms in total. The zero-order chi connectivity index (χ0) is 14.6. The molecular formula is C16H22FN3. The highest BCUT2D eigenvalue weighted by Gasteiger charge is 2.46. The molecule has 1 aliphatic rings. The van der Waals surface area contributed by atoms with Crippen LogP contribution in [-0.2, 0) is 0 Å². The van der Waals surface area contributed by atoms with Crippen LogP contribution in [0.2, 0.25) is 0 Å². The third kappa shape index (κ3) is 3.10. The van der Waals surface area contributed by atoms with Crippen molar-refractivity contribution in [2.45, 2.75) is 32.2 Å². The number of halogens is 1. The highest BCUT2D eigenvalue weighted by Crippen LogP contribution is 2.40. The Hall–Kier alpha value is -1.60. The van der Waals surface area contributed by atoms with Gasteiger partial charge in [-0.1, -0.05) is 13.0 Å². The molecule has 4 heteroatoms. The molecule has 1 aromatic rings. The number of hydrogen-bond donors (Lipinski definition) is 1. The first-order chi connectivity index (χ1) is 9.65. The zero-order valence-electron chi connectivity index (χ0n) is 12.2. The van der Waals surface area contributed by atoms with Gasteiger partial charge in [-0.3, -0.25) is 5.32 Å². The van der Waals surface area contributed by atoms with Crippen LogP contribution in [0.25, 0.3) is 0 Å². The number of hydrogen-bond acceptors (Lipinski definition) is 3. The maximum absolute atomic E-state index is 13.4. The Morgan fingerprint density at radius 3 is 2.70 bits per heavy atom. The second-order valence-electron chi connectivity index (χ2n) is 5.38. The summed E-state index contributed by atoms with van der Waals surface area (Å²) < 4.78 is 13.4. The van der Waals surface area contributed by atoms with Crippen LogP contribution in [-0.4, -0.2) is 25.2 Å². The summed E-state index contributed by atoms with van der Waals surface area (Å²) in [5, 5.41) is 13.0. The zero-order valence-corrected chi connectivity index (χ0v) is 12.2. The first-order valence-electron chi connectivity index (χ1n) is 7.32. The van der Waals surface area contributed by atoms with Crippen molar-refractivity contribution < 1.29 is 4.39 Å². The Balaban J connectivity index is 2.21. The molecule has 1 aromatic carbocycles. The van der Waals surface area contributed by atoms with Gasteiger partial charge in [0.25, 0.3) is 0 Å². The summed E-state index contributed by atoms with van der Waals surface area (Å²) in [6.45, 7) is 6.18. The maximum Gasteiger partial charge on any atom is 0.127 e. The van der Waals surface area contributed by atoms with E-state index in [1.165, 1.54) is 12.1 Å². The van der Waals surface area contributed by atoms with E-state index in [0.717, 1.165) is 31.6 Å². The lowest BCUT2D eigenvalue weighted by Crippen LogP contribution is -2.54. The number of anilines is 1. The van der Waals surface area contributed by atoms with Gasteiger partial charge in [-0.2, -0.15) is 5.26 Å². The third-order valence-electron chi connectivity index (χ3n) is 3.96. The number of benzene rings is 1. The molecule has 2 rings (SSSR count). The topological polar surface area (TPSA) is 39.1 Å². The van der Waals surface area contributed by atoms with Gasteiger partial charge in [0.15, 0.2) is 0 Å². The molecule has 0 aromatic heterocycles. The first-order valence-corrected chi connectivity index (χ1v) is 7.32. The van der Waals surface area contributed by atoms with Crippen molar-refractivity contribution in [1.29, 1.82) is 5.26 Å². The molecule has 0 bridgehead atoms. The predicted octanol–water partition coefficient (Wildman–Crippen LogP) is 2.93. The second-order valence-corrected chi connectivity index (χ2v) is 5.38. The third-order valence-corrected chi connectivity index (χ3v) is 3.96. The Morgan fingerprint density at radius 2 is 2.20 bits per heavy atom. The number of rotatable bonds is 7. The molecule has 0 amide bonds. The lowest BCUT2D eigenvalue weighted by atomic mass is 9.93. The molecule has 20 heavy (non-hydrogen) atoms. The van der Waals surface area contributed by atoms with Crippen molar-refractivity contribution in [3.8, 4) is 6.07 Å². The molecule has 1 saturated carbocycles. The van der Waals surface area contributed by atoms with Crippen molar-refractivity contribution in [3.05, 3.63) is 30.1 Å². The molecule has 0 radical (unpaired) electrons. The van der Waals surface area contributed by atoms with Crippen molar-refractivity contribution in [2.24, 2.45) is 5.92 Å². The lowest BCUT2D eigenvalue weighted by Gasteiger charge is -2.35. The van der Waals surface area contributed by atoms with Crippen molar-refractivity contribution in [2.75, 3.05) is 24.5 Å². The molecule has 1 N–H and O–H groups in total. The Kier molecular flexibility index (Phi) is 4.61. The van der Waals surface area contributed by atoms with E-state index in [2.05, 4.69) is 16.3 Å². The highest BCUT2D eigenvalue weighted by atomic mass is 19.1. The molecule has 0 heterocycles. The highest BCUT2D eigenvalue weighted by molar-refractivity contribution is 5.47. The monoisotopic (exact) mass is 275 g/mol. The normalized spacial score (nSPS) is 17.3. The van der Waals surface area contributed by atoms with Crippen LogP contribution in [0.15, 0.2) is 24.3 Å². The standard InChI is InChI=1S/C16H22FN3/c1-3-19-16(11-18,13-8-9-13)12-20(4-2)15-7-5-6-14(17)10-15/h5-7,10,13,19H,3-4,8-9,12H2,1-2H3. The number of nitrogens with zero attached hydrogens (tertiary/aromatic N) is 2. The van der Waals surface area contributed by atoms with E-state index in [-0.39, 0.29) is 5.82 Å². The predicted molar refractivity (Wildman–Crippen MR) is 79.0 cm³/mol. The van der Waals surface area contributed by atoms with E-state index in [1.54, 1.807) is 6.07 Å². The minimum atomic E-state index is -0.517. The van der Waals surface area contributed by atoms with Gasteiger partial charge in [0.2, 0.25) is 0 Å². The van der Waals surface area contributed by atoms with E-state index >= 15 is 0 Å². The maximum atomic E-state index is 13.4. The fourth-order valence-corrected chi connectivity index (χ4v) is 2.75. The summed E-state index contributed by atoms with van der Waals surface area (Å²) in [4.78, 5) is 2.08. The van der Waals surface area contributed by atoms with Crippen LogP contribution in [0.5, 0.6) is 0 Å². The minimum absolute atomic E-state index is 0.238. The summed E-state index contributed by atoms with van der Waals surface area (Å²) in [5.41, 5.74) is 0.322. The van der Waals surface area contributed by atoms with Crippen LogP contribution in [0.1, 0.15) is 26.7 Å². The van der Waals surface area contributed by atoms with Crippen molar-refractivity contribution in [1.82, 2.24) is 5.32 Å². The van der Waals surface area contributed by atoms with Gasteiger partial charge in [-0.25, -0.2) is 4.39 Å². The number of nitrogens with one attached hydrogen (secondary N) is 1. The average Bonchev–Trinajstić information content (AvgIpc) is 3.28. The van der Waals surface area contributed by atoms with E-state index in [4.69, 9.17) is 0 Å². The Bertz CT molecular complexity index is 493. The van der Waals surface area contributed by atoms with Crippen molar-refractivity contribution in [3.63, 3.8) is 0 Å². The first kappa shape index (κ1) is 14.8. The molecule has 0 saturated heterocycles. The summed E-state index contributed by atoms with van der Waals surface area (Å²) in [5.74, 6) is 0.174. The summed E-state index contributed by atoms with van der Waals surface area (Å²) in [6, 6.07) is 9.07. The average molecular weight is 275 g/mol.